The van der Waals surface area contributed by atoms with Crippen LogP contribution in [-0.2, 0) is 0 Å². The van der Waals surface area contributed by atoms with Gasteiger partial charge in [-0.3, -0.25) is 9.89 Å². The molecule has 7 heteroatoms. The SMILES string of the molecule is O=C(NC(c1ccccc1)C(F)F)c1ccc2n[nH]c(I)c2c1. The van der Waals surface area contributed by atoms with Crippen molar-refractivity contribution in [3.63, 3.8) is 0 Å². The number of H-pyrrole nitrogens is 1. The lowest BCUT2D eigenvalue weighted by atomic mass is 10.1. The smallest absolute Gasteiger partial charge is 0.262 e. The Kier molecular flexibility index (Phi) is 4.56. The average molecular weight is 427 g/mol. The first kappa shape index (κ1) is 15.9. The van der Waals surface area contributed by atoms with E-state index in [9.17, 15) is 13.6 Å². The molecule has 2 aromatic carbocycles. The van der Waals surface area contributed by atoms with Crippen molar-refractivity contribution in [3.8, 4) is 0 Å². The summed E-state index contributed by atoms with van der Waals surface area (Å²) in [4.78, 5) is 12.3. The van der Waals surface area contributed by atoms with Crippen LogP contribution < -0.4 is 5.32 Å². The van der Waals surface area contributed by atoms with Gasteiger partial charge in [-0.15, -0.1) is 0 Å². The third-order valence-corrected chi connectivity index (χ3v) is 4.29. The fourth-order valence-corrected chi connectivity index (χ4v) is 2.85. The molecule has 23 heavy (non-hydrogen) atoms. The quantitative estimate of drug-likeness (QED) is 0.621. The van der Waals surface area contributed by atoms with Gasteiger partial charge in [-0.25, -0.2) is 8.78 Å². The van der Waals surface area contributed by atoms with E-state index in [-0.39, 0.29) is 0 Å². The summed E-state index contributed by atoms with van der Waals surface area (Å²) in [7, 11) is 0. The second kappa shape index (κ2) is 6.61. The fraction of sp³-hybridized carbons (Fsp3) is 0.125. The molecule has 0 saturated heterocycles. The number of rotatable bonds is 4. The summed E-state index contributed by atoms with van der Waals surface area (Å²) in [5, 5.41) is 10.1. The number of halogens is 3. The molecule has 118 valence electrons. The lowest BCUT2D eigenvalue weighted by molar-refractivity contribution is 0.0744. The Hall–Kier alpha value is -2.03. The number of aromatic amines is 1. The van der Waals surface area contributed by atoms with Gasteiger partial charge < -0.3 is 5.32 Å². The Morgan fingerprint density at radius 1 is 1.17 bits per heavy atom. The molecule has 3 aromatic rings. The van der Waals surface area contributed by atoms with Crippen LogP contribution in [0.3, 0.4) is 0 Å². The first-order valence-electron chi connectivity index (χ1n) is 6.84. The molecule has 1 atom stereocenters. The number of nitrogens with zero attached hydrogens (tertiary/aromatic N) is 1. The molecule has 0 saturated carbocycles. The van der Waals surface area contributed by atoms with Gasteiger partial charge in [0.1, 0.15) is 9.74 Å². The number of fused-ring (bicyclic) bond motifs is 1. The zero-order valence-electron chi connectivity index (χ0n) is 11.8. The molecule has 1 heterocycles. The molecule has 3 rings (SSSR count). The molecule has 0 radical (unpaired) electrons. The summed E-state index contributed by atoms with van der Waals surface area (Å²) in [6.07, 6.45) is -2.70. The topological polar surface area (TPSA) is 57.8 Å². The molecular weight excluding hydrogens is 415 g/mol. The highest BCUT2D eigenvalue weighted by Crippen LogP contribution is 2.23. The molecule has 1 unspecified atom stereocenters. The molecule has 1 aromatic heterocycles. The van der Waals surface area contributed by atoms with Gasteiger partial charge in [0.15, 0.2) is 0 Å². The zero-order valence-corrected chi connectivity index (χ0v) is 13.9. The van der Waals surface area contributed by atoms with E-state index in [2.05, 4.69) is 38.1 Å². The second-order valence-electron chi connectivity index (χ2n) is 4.97. The van der Waals surface area contributed by atoms with Crippen molar-refractivity contribution in [2.24, 2.45) is 0 Å². The first-order valence-corrected chi connectivity index (χ1v) is 7.91. The predicted molar refractivity (Wildman–Crippen MR) is 91.5 cm³/mol. The molecule has 2 N–H and O–H groups in total. The summed E-state index contributed by atoms with van der Waals surface area (Å²) in [6.45, 7) is 0. The number of carbonyl (C=O) groups is 1. The number of alkyl halides is 2. The van der Waals surface area contributed by atoms with Crippen LogP contribution in [0.1, 0.15) is 22.0 Å². The van der Waals surface area contributed by atoms with Crippen LogP contribution in [0.15, 0.2) is 48.5 Å². The van der Waals surface area contributed by atoms with Crippen LogP contribution in [0.2, 0.25) is 0 Å². The third kappa shape index (κ3) is 3.34. The number of benzene rings is 2. The van der Waals surface area contributed by atoms with Crippen LogP contribution in [0.4, 0.5) is 8.78 Å². The van der Waals surface area contributed by atoms with Crippen molar-refractivity contribution < 1.29 is 13.6 Å². The Bertz CT molecular complexity index is 836. The average Bonchev–Trinajstić information content (AvgIpc) is 2.93. The molecule has 4 nitrogen and oxygen atoms in total. The molecule has 0 bridgehead atoms. The van der Waals surface area contributed by atoms with E-state index in [1.807, 2.05) is 0 Å². The van der Waals surface area contributed by atoms with E-state index in [1.165, 1.54) is 0 Å². The molecule has 0 spiro atoms. The minimum Gasteiger partial charge on any atom is -0.339 e. The molecule has 1 amide bonds. The number of hydrogen-bond acceptors (Lipinski definition) is 2. The van der Waals surface area contributed by atoms with Crippen molar-refractivity contribution in [3.05, 3.63) is 63.4 Å². The molecule has 0 aliphatic rings. The van der Waals surface area contributed by atoms with Crippen molar-refractivity contribution >= 4 is 39.4 Å². The maximum absolute atomic E-state index is 13.3. The Morgan fingerprint density at radius 2 is 1.91 bits per heavy atom. The highest BCUT2D eigenvalue weighted by molar-refractivity contribution is 14.1. The standard InChI is InChI=1S/C16H12F2IN3O/c17-14(18)13(9-4-2-1-3-5-9)20-16(23)10-6-7-12-11(8-10)15(19)22-21-12/h1-8,13-14H,(H,20,23)(H,21,22). The fourth-order valence-electron chi connectivity index (χ4n) is 2.30. The number of aromatic nitrogens is 2. The van der Waals surface area contributed by atoms with E-state index in [0.717, 1.165) is 14.6 Å². The largest absolute Gasteiger partial charge is 0.339 e. The van der Waals surface area contributed by atoms with Crippen LogP contribution in [-0.4, -0.2) is 22.5 Å². The van der Waals surface area contributed by atoms with Crippen molar-refractivity contribution in [2.75, 3.05) is 0 Å². The highest BCUT2D eigenvalue weighted by Gasteiger charge is 2.24. The Balaban J connectivity index is 1.87. The minimum atomic E-state index is -2.70. The minimum absolute atomic E-state index is 0.318. The highest BCUT2D eigenvalue weighted by atomic mass is 127. The van der Waals surface area contributed by atoms with Crippen LogP contribution in [0, 0.1) is 3.70 Å². The second-order valence-corrected chi connectivity index (χ2v) is 6.04. The summed E-state index contributed by atoms with van der Waals surface area (Å²) in [6, 6.07) is 11.8. The van der Waals surface area contributed by atoms with E-state index in [1.54, 1.807) is 48.5 Å². The van der Waals surface area contributed by atoms with Crippen molar-refractivity contribution in [1.82, 2.24) is 15.5 Å². The zero-order chi connectivity index (χ0) is 16.4. The summed E-state index contributed by atoms with van der Waals surface area (Å²) in [5.41, 5.74) is 1.41. The maximum atomic E-state index is 13.3. The van der Waals surface area contributed by atoms with E-state index >= 15 is 0 Å². The maximum Gasteiger partial charge on any atom is 0.262 e. The van der Waals surface area contributed by atoms with E-state index in [0.29, 0.717) is 11.1 Å². The van der Waals surface area contributed by atoms with Crippen LogP contribution in [0.5, 0.6) is 0 Å². The Labute approximate surface area is 144 Å². The summed E-state index contributed by atoms with van der Waals surface area (Å²) in [5.74, 6) is -0.543. The molecule has 0 fully saturated rings. The monoisotopic (exact) mass is 427 g/mol. The summed E-state index contributed by atoms with van der Waals surface area (Å²) >= 11 is 2.07. The van der Waals surface area contributed by atoms with E-state index < -0.39 is 18.4 Å². The van der Waals surface area contributed by atoms with Gasteiger partial charge in [-0.1, -0.05) is 30.3 Å². The molecule has 0 aliphatic carbocycles. The predicted octanol–water partition coefficient (Wildman–Crippen LogP) is 3.90. The van der Waals surface area contributed by atoms with Crippen molar-refractivity contribution in [1.29, 1.82) is 0 Å². The van der Waals surface area contributed by atoms with Crippen LogP contribution >= 0.6 is 22.6 Å². The number of amides is 1. The van der Waals surface area contributed by atoms with Gasteiger partial charge in [-0.05, 0) is 46.4 Å². The van der Waals surface area contributed by atoms with Gasteiger partial charge in [-0.2, -0.15) is 5.10 Å². The number of carbonyl (C=O) groups excluding carboxylic acids is 1. The van der Waals surface area contributed by atoms with Gasteiger partial charge in [0, 0.05) is 10.9 Å². The van der Waals surface area contributed by atoms with E-state index in [4.69, 9.17) is 0 Å². The van der Waals surface area contributed by atoms with Gasteiger partial charge in [0.2, 0.25) is 0 Å². The van der Waals surface area contributed by atoms with Gasteiger partial charge >= 0.3 is 0 Å². The number of nitrogens with one attached hydrogen (secondary N) is 2. The van der Waals surface area contributed by atoms with Crippen LogP contribution in [0.25, 0.3) is 10.9 Å². The third-order valence-electron chi connectivity index (χ3n) is 3.47. The van der Waals surface area contributed by atoms with Gasteiger partial charge in [0.25, 0.3) is 12.3 Å². The normalized spacial score (nSPS) is 12.5. The number of hydrogen-bond donors (Lipinski definition) is 2. The van der Waals surface area contributed by atoms with Crippen molar-refractivity contribution in [2.45, 2.75) is 12.5 Å². The Morgan fingerprint density at radius 3 is 2.61 bits per heavy atom. The molecular formula is C16H12F2IN3O. The molecule has 0 aliphatic heterocycles. The summed E-state index contributed by atoms with van der Waals surface area (Å²) < 4.78 is 27.4. The lowest BCUT2D eigenvalue weighted by Crippen LogP contribution is -2.32. The lowest BCUT2D eigenvalue weighted by Gasteiger charge is -2.18. The van der Waals surface area contributed by atoms with Gasteiger partial charge in [0.05, 0.1) is 5.52 Å². The first-order chi connectivity index (χ1) is 11.1.